The van der Waals surface area contributed by atoms with Crippen LogP contribution < -0.4 is 4.90 Å². The van der Waals surface area contributed by atoms with Crippen LogP contribution in [0.4, 0.5) is 17.1 Å². The second kappa shape index (κ2) is 15.4. The molecule has 10 aromatic rings. The zero-order chi connectivity index (χ0) is 41.6. The molecule has 11 rings (SSSR count). The van der Waals surface area contributed by atoms with Crippen LogP contribution >= 0.6 is 0 Å². The summed E-state index contributed by atoms with van der Waals surface area (Å²) >= 11 is 0. The molecule has 0 spiro atoms. The summed E-state index contributed by atoms with van der Waals surface area (Å²) < 4.78 is 0. The van der Waals surface area contributed by atoms with Crippen LogP contribution in [-0.4, -0.2) is 0 Å². The molecule has 0 amide bonds. The first-order valence-corrected chi connectivity index (χ1v) is 21.6. The molecule has 1 aliphatic carbocycles. The van der Waals surface area contributed by atoms with Gasteiger partial charge in [0.25, 0.3) is 0 Å². The fourth-order valence-electron chi connectivity index (χ4n) is 9.87. The molecule has 0 heterocycles. The number of hydrogen-bond acceptors (Lipinski definition) is 1. The minimum absolute atomic E-state index is 0.0930. The average Bonchev–Trinajstić information content (AvgIpc) is 3.58. The molecule has 10 aromatic carbocycles. The molecule has 0 radical (unpaired) electrons. The number of benzene rings is 10. The van der Waals surface area contributed by atoms with Crippen LogP contribution in [0, 0.1) is 0 Å². The van der Waals surface area contributed by atoms with Crippen molar-refractivity contribution < 1.29 is 0 Å². The van der Waals surface area contributed by atoms with Gasteiger partial charge in [-0.2, -0.15) is 0 Å². The van der Waals surface area contributed by atoms with E-state index in [2.05, 4.69) is 255 Å². The summed E-state index contributed by atoms with van der Waals surface area (Å²) in [5.41, 5.74) is 20.9. The van der Waals surface area contributed by atoms with Crippen LogP contribution in [0.25, 0.3) is 77.5 Å². The molecule has 0 saturated carbocycles. The first-order chi connectivity index (χ1) is 30.5. The summed E-state index contributed by atoms with van der Waals surface area (Å²) in [5.74, 6) is 0. The highest BCUT2D eigenvalue weighted by Gasteiger charge is 2.37. The molecule has 0 saturated heterocycles. The zero-order valence-corrected chi connectivity index (χ0v) is 35.0. The SMILES string of the molecule is CC1(C)c2ccccc2-c2cccc(-c3ccc(N(c4ccc(-c5cccc(-c6cccc7ccccc67)c5)cc4)c4ccc(-c5ccccc5-c5ccccc5)cc4)cc3)c21. The number of fused-ring (bicyclic) bond motifs is 4. The molecule has 294 valence electrons. The fourth-order valence-corrected chi connectivity index (χ4v) is 9.87. The molecule has 1 aliphatic rings. The van der Waals surface area contributed by atoms with Gasteiger partial charge >= 0.3 is 0 Å². The smallest absolute Gasteiger partial charge is 0.0462 e. The monoisotopic (exact) mass is 791 g/mol. The Morgan fingerprint density at radius 3 is 1.42 bits per heavy atom. The molecule has 0 atom stereocenters. The molecule has 1 heteroatoms. The van der Waals surface area contributed by atoms with Crippen molar-refractivity contribution in [3.8, 4) is 66.8 Å². The van der Waals surface area contributed by atoms with E-state index in [4.69, 9.17) is 0 Å². The third kappa shape index (κ3) is 6.51. The molecule has 0 N–H and O–H groups in total. The van der Waals surface area contributed by atoms with Gasteiger partial charge in [0.1, 0.15) is 0 Å². The highest BCUT2D eigenvalue weighted by atomic mass is 15.1. The van der Waals surface area contributed by atoms with Gasteiger partial charge < -0.3 is 4.90 Å². The van der Waals surface area contributed by atoms with E-state index >= 15 is 0 Å². The van der Waals surface area contributed by atoms with Crippen LogP contribution in [0.5, 0.6) is 0 Å². The van der Waals surface area contributed by atoms with Crippen molar-refractivity contribution in [2.45, 2.75) is 19.3 Å². The summed E-state index contributed by atoms with van der Waals surface area (Å²) in [6, 6.07) is 86.4. The van der Waals surface area contributed by atoms with Crippen LogP contribution in [0.3, 0.4) is 0 Å². The summed E-state index contributed by atoms with van der Waals surface area (Å²) in [6.07, 6.45) is 0. The van der Waals surface area contributed by atoms with Crippen LogP contribution in [0.2, 0.25) is 0 Å². The van der Waals surface area contributed by atoms with E-state index in [0.717, 1.165) is 17.1 Å². The van der Waals surface area contributed by atoms with Crippen molar-refractivity contribution >= 4 is 27.8 Å². The molecule has 1 nitrogen and oxygen atoms in total. The van der Waals surface area contributed by atoms with Gasteiger partial charge in [-0.3, -0.25) is 0 Å². The van der Waals surface area contributed by atoms with Crippen molar-refractivity contribution in [3.63, 3.8) is 0 Å². The third-order valence-corrected chi connectivity index (χ3v) is 12.9. The van der Waals surface area contributed by atoms with Gasteiger partial charge in [-0.1, -0.05) is 208 Å². The molecule has 62 heavy (non-hydrogen) atoms. The van der Waals surface area contributed by atoms with Crippen molar-refractivity contribution in [1.29, 1.82) is 0 Å². The second-order valence-electron chi connectivity index (χ2n) is 16.9. The fraction of sp³-hybridized carbons (Fsp3) is 0.0492. The van der Waals surface area contributed by atoms with Gasteiger partial charge in [0.05, 0.1) is 0 Å². The molecule has 0 aliphatic heterocycles. The minimum Gasteiger partial charge on any atom is -0.311 e. The van der Waals surface area contributed by atoms with Gasteiger partial charge in [-0.25, -0.2) is 0 Å². The van der Waals surface area contributed by atoms with E-state index in [1.165, 1.54) is 88.7 Å². The van der Waals surface area contributed by atoms with Crippen molar-refractivity contribution in [3.05, 3.63) is 248 Å². The minimum atomic E-state index is -0.0930. The Hall–Kier alpha value is -7.74. The summed E-state index contributed by atoms with van der Waals surface area (Å²) in [6.45, 7) is 4.73. The molecular weight excluding hydrogens is 747 g/mol. The third-order valence-electron chi connectivity index (χ3n) is 12.9. The molecular formula is C61H45N. The first kappa shape index (κ1) is 37.3. The quantitative estimate of drug-likeness (QED) is 0.148. The maximum absolute atomic E-state index is 2.38. The topological polar surface area (TPSA) is 3.24 Å². The van der Waals surface area contributed by atoms with E-state index in [1.54, 1.807) is 0 Å². The number of anilines is 3. The van der Waals surface area contributed by atoms with Crippen LogP contribution in [0.1, 0.15) is 25.0 Å². The Kier molecular flexibility index (Phi) is 9.24. The Morgan fingerprint density at radius 1 is 0.290 bits per heavy atom. The van der Waals surface area contributed by atoms with E-state index in [9.17, 15) is 0 Å². The number of hydrogen-bond donors (Lipinski definition) is 0. The van der Waals surface area contributed by atoms with E-state index < -0.39 is 0 Å². The van der Waals surface area contributed by atoms with E-state index in [1.807, 2.05) is 0 Å². The van der Waals surface area contributed by atoms with Gasteiger partial charge in [0.2, 0.25) is 0 Å². The lowest BCUT2D eigenvalue weighted by Crippen LogP contribution is -2.16. The standard InChI is InChI=1S/C61H45N/c1-61(2)59-28-11-10-24-57(59)58-27-14-26-56(60(58)61)46-33-39-51(40-34-46)62(50-37-31-45(32-38-50)54-23-9-8-22-52(54)43-15-4-3-5-16-43)49-35-29-42(30-36-49)47-19-12-20-48(41-47)55-25-13-18-44-17-6-7-21-53(44)55/h3-41H,1-2H3. The van der Waals surface area contributed by atoms with E-state index in [-0.39, 0.29) is 5.41 Å². The van der Waals surface area contributed by atoms with Crippen molar-refractivity contribution in [2.24, 2.45) is 0 Å². The Morgan fingerprint density at radius 2 is 0.726 bits per heavy atom. The predicted octanol–water partition coefficient (Wildman–Crippen LogP) is 17.0. The van der Waals surface area contributed by atoms with Crippen molar-refractivity contribution in [2.75, 3.05) is 4.90 Å². The van der Waals surface area contributed by atoms with Gasteiger partial charge in [-0.05, 0) is 131 Å². The second-order valence-corrected chi connectivity index (χ2v) is 16.9. The Labute approximate surface area is 364 Å². The van der Waals surface area contributed by atoms with Crippen LogP contribution in [0.15, 0.2) is 237 Å². The predicted molar refractivity (Wildman–Crippen MR) is 263 cm³/mol. The lowest BCUT2D eigenvalue weighted by atomic mass is 9.79. The molecule has 0 fully saturated rings. The lowest BCUT2D eigenvalue weighted by Gasteiger charge is -2.27. The Balaban J connectivity index is 0.975. The highest BCUT2D eigenvalue weighted by Crippen LogP contribution is 2.52. The number of rotatable bonds is 8. The van der Waals surface area contributed by atoms with Crippen molar-refractivity contribution in [1.82, 2.24) is 0 Å². The number of nitrogens with zero attached hydrogens (tertiary/aromatic N) is 1. The zero-order valence-electron chi connectivity index (χ0n) is 35.0. The average molecular weight is 792 g/mol. The molecule has 0 bridgehead atoms. The summed E-state index contributed by atoms with van der Waals surface area (Å²) in [7, 11) is 0. The largest absolute Gasteiger partial charge is 0.311 e. The van der Waals surface area contributed by atoms with Crippen LogP contribution in [-0.2, 0) is 5.41 Å². The maximum atomic E-state index is 2.38. The first-order valence-electron chi connectivity index (χ1n) is 21.6. The summed E-state index contributed by atoms with van der Waals surface area (Å²) in [5, 5.41) is 2.52. The maximum Gasteiger partial charge on any atom is 0.0462 e. The normalized spacial score (nSPS) is 12.5. The lowest BCUT2D eigenvalue weighted by molar-refractivity contribution is 0.662. The van der Waals surface area contributed by atoms with Gasteiger partial charge in [0.15, 0.2) is 0 Å². The van der Waals surface area contributed by atoms with Gasteiger partial charge in [-0.15, -0.1) is 0 Å². The molecule has 0 aromatic heterocycles. The van der Waals surface area contributed by atoms with E-state index in [0.29, 0.717) is 0 Å². The highest BCUT2D eigenvalue weighted by molar-refractivity contribution is 5.97. The Bertz CT molecular complexity index is 3220. The summed E-state index contributed by atoms with van der Waals surface area (Å²) in [4.78, 5) is 2.38. The molecule has 0 unspecified atom stereocenters. The van der Waals surface area contributed by atoms with Gasteiger partial charge in [0, 0.05) is 22.5 Å².